The Morgan fingerprint density at radius 3 is 2.67 bits per heavy atom. The van der Waals surface area contributed by atoms with Crippen LogP contribution in [-0.4, -0.2) is 25.6 Å². The van der Waals surface area contributed by atoms with Gasteiger partial charge in [-0.05, 0) is 13.8 Å². The summed E-state index contributed by atoms with van der Waals surface area (Å²) in [6, 6.07) is 0. The van der Waals surface area contributed by atoms with Crippen LogP contribution < -0.4 is 0 Å². The van der Waals surface area contributed by atoms with Crippen LogP contribution in [0.3, 0.4) is 0 Å². The second-order valence-corrected chi connectivity index (χ2v) is 3.41. The first-order chi connectivity index (χ1) is 7.15. The summed E-state index contributed by atoms with van der Waals surface area (Å²) in [5.41, 5.74) is 1.34. The topological polar surface area (TPSA) is 52.7 Å². The molecule has 0 N–H and O–H groups in total. The summed E-state index contributed by atoms with van der Waals surface area (Å²) in [4.78, 5) is 15.1. The molecule has 78 valence electrons. The fourth-order valence-electron chi connectivity index (χ4n) is 1.69. The lowest BCUT2D eigenvalue weighted by molar-refractivity contribution is 0.112. The smallest absolute Gasteiger partial charge is 0.155 e. The van der Waals surface area contributed by atoms with Crippen molar-refractivity contribution in [2.75, 3.05) is 0 Å². The van der Waals surface area contributed by atoms with E-state index in [0.29, 0.717) is 5.56 Å². The first kappa shape index (κ1) is 9.64. The normalized spacial score (nSPS) is 10.6. The Kier molecular flexibility index (Phi) is 2.15. The zero-order valence-corrected chi connectivity index (χ0v) is 8.93. The molecule has 0 bridgehead atoms. The van der Waals surface area contributed by atoms with Crippen molar-refractivity contribution in [3.05, 3.63) is 29.5 Å². The van der Waals surface area contributed by atoms with E-state index in [0.717, 1.165) is 23.6 Å². The van der Waals surface area contributed by atoms with Crippen molar-refractivity contribution < 1.29 is 4.79 Å². The monoisotopic (exact) mass is 204 g/mol. The van der Waals surface area contributed by atoms with Crippen molar-refractivity contribution in [2.45, 2.75) is 13.8 Å². The maximum Gasteiger partial charge on any atom is 0.155 e. The molecule has 5 nitrogen and oxygen atoms in total. The third kappa shape index (κ3) is 1.36. The Hall–Kier alpha value is -1.91. The summed E-state index contributed by atoms with van der Waals surface area (Å²) >= 11 is 0. The molecule has 0 aliphatic carbocycles. The maximum atomic E-state index is 11.0. The lowest BCUT2D eigenvalue weighted by Gasteiger charge is -2.05. The van der Waals surface area contributed by atoms with Gasteiger partial charge in [-0.25, -0.2) is 4.98 Å². The minimum Gasteiger partial charge on any atom is -0.298 e. The molecule has 0 spiro atoms. The molecule has 0 saturated carbocycles. The molecule has 0 atom stereocenters. The number of carbonyl (C=O) groups is 1. The van der Waals surface area contributed by atoms with Gasteiger partial charge in [0, 0.05) is 19.4 Å². The Bertz CT molecular complexity index is 509. The zero-order chi connectivity index (χ0) is 11.0. The SMILES string of the molecule is Cc1nn(C)c(-n2ccnc2C)c1C=O. The molecule has 15 heavy (non-hydrogen) atoms. The Morgan fingerprint density at radius 2 is 2.13 bits per heavy atom. The number of aldehydes is 1. The van der Waals surface area contributed by atoms with E-state index in [2.05, 4.69) is 10.1 Å². The molecule has 2 heterocycles. The Morgan fingerprint density at radius 1 is 1.40 bits per heavy atom. The number of carbonyl (C=O) groups excluding carboxylic acids is 1. The summed E-state index contributed by atoms with van der Waals surface area (Å²) in [6.07, 6.45) is 4.35. The van der Waals surface area contributed by atoms with Gasteiger partial charge in [0.15, 0.2) is 6.29 Å². The zero-order valence-electron chi connectivity index (χ0n) is 8.93. The first-order valence-electron chi connectivity index (χ1n) is 4.64. The summed E-state index contributed by atoms with van der Waals surface area (Å²) in [5, 5.41) is 4.22. The van der Waals surface area contributed by atoms with Gasteiger partial charge in [0.05, 0.1) is 11.3 Å². The average Bonchev–Trinajstić information content (AvgIpc) is 2.70. The number of nitrogens with zero attached hydrogens (tertiary/aromatic N) is 4. The van der Waals surface area contributed by atoms with Crippen LogP contribution in [0.2, 0.25) is 0 Å². The quantitative estimate of drug-likeness (QED) is 0.687. The van der Waals surface area contributed by atoms with E-state index in [1.165, 1.54) is 0 Å². The van der Waals surface area contributed by atoms with Crippen molar-refractivity contribution in [1.82, 2.24) is 19.3 Å². The standard InChI is InChI=1S/C10H12N4O/c1-7-9(6-15)10(13(3)12-7)14-5-4-11-8(14)2/h4-6H,1-3H3. The van der Waals surface area contributed by atoms with Gasteiger partial charge in [-0.1, -0.05) is 0 Å². The highest BCUT2D eigenvalue weighted by Crippen LogP contribution is 2.16. The Labute approximate surface area is 87.4 Å². The van der Waals surface area contributed by atoms with Gasteiger partial charge >= 0.3 is 0 Å². The van der Waals surface area contributed by atoms with Crippen LogP contribution in [0.1, 0.15) is 21.9 Å². The van der Waals surface area contributed by atoms with E-state index in [9.17, 15) is 4.79 Å². The third-order valence-electron chi connectivity index (χ3n) is 2.41. The third-order valence-corrected chi connectivity index (χ3v) is 2.41. The number of hydrogen-bond acceptors (Lipinski definition) is 3. The van der Waals surface area contributed by atoms with Crippen LogP contribution in [0.25, 0.3) is 5.82 Å². The van der Waals surface area contributed by atoms with Crippen molar-refractivity contribution in [3.63, 3.8) is 0 Å². The predicted octanol–water partition coefficient (Wildman–Crippen LogP) is 1.04. The summed E-state index contributed by atoms with van der Waals surface area (Å²) in [6.45, 7) is 3.70. The van der Waals surface area contributed by atoms with E-state index in [1.807, 2.05) is 31.7 Å². The van der Waals surface area contributed by atoms with Crippen LogP contribution in [0.4, 0.5) is 0 Å². The molecular formula is C10H12N4O. The van der Waals surface area contributed by atoms with Crippen LogP contribution in [0.15, 0.2) is 12.4 Å². The van der Waals surface area contributed by atoms with Crippen molar-refractivity contribution in [2.24, 2.45) is 7.05 Å². The molecule has 0 aromatic carbocycles. The lowest BCUT2D eigenvalue weighted by atomic mass is 10.2. The van der Waals surface area contributed by atoms with Crippen LogP contribution in [-0.2, 0) is 7.05 Å². The molecule has 0 amide bonds. The highest BCUT2D eigenvalue weighted by atomic mass is 16.1. The van der Waals surface area contributed by atoms with Crippen molar-refractivity contribution in [3.8, 4) is 5.82 Å². The van der Waals surface area contributed by atoms with Gasteiger partial charge in [-0.2, -0.15) is 5.10 Å². The second kappa shape index (κ2) is 3.34. The molecule has 0 aliphatic rings. The molecule has 0 saturated heterocycles. The van der Waals surface area contributed by atoms with Crippen molar-refractivity contribution >= 4 is 6.29 Å². The molecule has 2 aromatic heterocycles. The van der Waals surface area contributed by atoms with E-state index in [4.69, 9.17) is 0 Å². The molecule has 2 aromatic rings. The van der Waals surface area contributed by atoms with Gasteiger partial charge in [0.2, 0.25) is 0 Å². The van der Waals surface area contributed by atoms with E-state index in [-0.39, 0.29) is 0 Å². The fraction of sp³-hybridized carbons (Fsp3) is 0.300. The molecule has 0 fully saturated rings. The first-order valence-corrected chi connectivity index (χ1v) is 4.64. The number of aromatic nitrogens is 4. The molecule has 0 aliphatic heterocycles. The lowest BCUT2D eigenvalue weighted by Crippen LogP contribution is -2.05. The second-order valence-electron chi connectivity index (χ2n) is 3.41. The molecular weight excluding hydrogens is 192 g/mol. The van der Waals surface area contributed by atoms with Crippen LogP contribution in [0.5, 0.6) is 0 Å². The van der Waals surface area contributed by atoms with Gasteiger partial charge in [-0.15, -0.1) is 0 Å². The predicted molar refractivity (Wildman–Crippen MR) is 55.2 cm³/mol. The van der Waals surface area contributed by atoms with Crippen molar-refractivity contribution in [1.29, 1.82) is 0 Å². The molecule has 5 heteroatoms. The van der Waals surface area contributed by atoms with Crippen LogP contribution >= 0.6 is 0 Å². The van der Waals surface area contributed by atoms with E-state index in [1.54, 1.807) is 10.9 Å². The number of aryl methyl sites for hydroxylation is 3. The minimum absolute atomic E-state index is 0.610. The van der Waals surface area contributed by atoms with Gasteiger partial charge in [0.1, 0.15) is 11.6 Å². The largest absolute Gasteiger partial charge is 0.298 e. The number of rotatable bonds is 2. The fourth-order valence-corrected chi connectivity index (χ4v) is 1.69. The highest BCUT2D eigenvalue weighted by Gasteiger charge is 2.15. The molecule has 2 rings (SSSR count). The van der Waals surface area contributed by atoms with E-state index < -0.39 is 0 Å². The minimum atomic E-state index is 0.610. The van der Waals surface area contributed by atoms with Gasteiger partial charge < -0.3 is 0 Å². The summed E-state index contributed by atoms with van der Waals surface area (Å²) < 4.78 is 3.54. The molecule has 0 radical (unpaired) electrons. The summed E-state index contributed by atoms with van der Waals surface area (Å²) in [7, 11) is 1.81. The number of imidazole rings is 1. The maximum absolute atomic E-state index is 11.0. The highest BCUT2D eigenvalue weighted by molar-refractivity contribution is 5.81. The number of hydrogen-bond donors (Lipinski definition) is 0. The molecule has 0 unspecified atom stereocenters. The van der Waals surface area contributed by atoms with Crippen LogP contribution in [0, 0.1) is 13.8 Å². The van der Waals surface area contributed by atoms with Gasteiger partial charge in [-0.3, -0.25) is 14.0 Å². The summed E-state index contributed by atoms with van der Waals surface area (Å²) in [5.74, 6) is 1.60. The van der Waals surface area contributed by atoms with Gasteiger partial charge in [0.25, 0.3) is 0 Å². The average molecular weight is 204 g/mol. The van der Waals surface area contributed by atoms with E-state index >= 15 is 0 Å². The Balaban J connectivity index is 2.72.